The Bertz CT molecular complexity index is 298. The lowest BCUT2D eigenvalue weighted by Gasteiger charge is -2.15. The predicted molar refractivity (Wildman–Crippen MR) is 59.1 cm³/mol. The topological polar surface area (TPSA) is 139 Å². The number of carbonyl (C=O) groups excluding carboxylic acids is 2. The normalized spacial score (nSPS) is 13.5. The van der Waals surface area contributed by atoms with Crippen molar-refractivity contribution in [2.24, 2.45) is 5.73 Å². The number of aliphatic hydroxyl groups is 1. The highest BCUT2D eigenvalue weighted by molar-refractivity contribution is 6.57. The Kier molecular flexibility index (Phi) is 6.91. The number of carbonyl (C=O) groups is 3. The van der Waals surface area contributed by atoms with E-state index >= 15 is 0 Å². The number of rotatable bonds is 7. The molecule has 17 heavy (non-hydrogen) atoms. The summed E-state index contributed by atoms with van der Waals surface area (Å²) in [7, 11) is 1.25. The van der Waals surface area contributed by atoms with Crippen molar-refractivity contribution >= 4 is 25.6 Å². The quantitative estimate of drug-likeness (QED) is 0.278. The van der Waals surface area contributed by atoms with Crippen LogP contribution >= 0.6 is 0 Å². The van der Waals surface area contributed by atoms with Crippen LogP contribution in [-0.4, -0.2) is 61.1 Å². The molecule has 96 valence electrons. The third-order valence-corrected chi connectivity index (χ3v) is 1.78. The van der Waals surface area contributed by atoms with E-state index in [2.05, 4.69) is 10.1 Å². The highest BCUT2D eigenvalue weighted by Gasteiger charge is 2.18. The van der Waals surface area contributed by atoms with E-state index in [1.807, 2.05) is 0 Å². The highest BCUT2D eigenvalue weighted by Crippen LogP contribution is 1.94. The minimum absolute atomic E-state index is 0.235. The van der Waals surface area contributed by atoms with Crippen molar-refractivity contribution in [1.82, 2.24) is 5.32 Å². The van der Waals surface area contributed by atoms with E-state index in [0.29, 0.717) is 0 Å². The highest BCUT2D eigenvalue weighted by atomic mass is 16.5. The minimum Gasteiger partial charge on any atom is -0.480 e. The van der Waals surface area contributed by atoms with Crippen LogP contribution in [0.15, 0.2) is 0 Å². The van der Waals surface area contributed by atoms with Crippen molar-refractivity contribution in [2.45, 2.75) is 18.5 Å². The summed E-state index contributed by atoms with van der Waals surface area (Å²) in [6, 6.07) is -2.03. The van der Waals surface area contributed by atoms with Crippen molar-refractivity contribution in [2.75, 3.05) is 13.2 Å². The van der Waals surface area contributed by atoms with Gasteiger partial charge in [-0.1, -0.05) is 0 Å². The molecule has 0 rings (SSSR count). The van der Waals surface area contributed by atoms with Crippen molar-refractivity contribution in [3.63, 3.8) is 0 Å². The van der Waals surface area contributed by atoms with Gasteiger partial charge in [-0.2, -0.15) is 0 Å². The first kappa shape index (κ1) is 15.4. The van der Waals surface area contributed by atoms with Crippen LogP contribution in [0.5, 0.6) is 0 Å². The number of hydrogen-bond donors (Lipinski definition) is 4. The molecule has 9 heteroatoms. The maximum Gasteiger partial charge on any atom is 0.321 e. The molecule has 2 unspecified atom stereocenters. The number of nitrogens with one attached hydrogen (secondary N) is 1. The fourth-order valence-corrected chi connectivity index (χ4v) is 0.947. The fraction of sp³-hybridized carbons (Fsp3) is 0.625. The molecule has 0 spiro atoms. The summed E-state index contributed by atoms with van der Waals surface area (Å²) in [4.78, 5) is 32.1. The van der Waals surface area contributed by atoms with Crippen LogP contribution in [0.4, 0.5) is 4.79 Å². The van der Waals surface area contributed by atoms with Gasteiger partial charge >= 0.3 is 11.9 Å². The van der Waals surface area contributed by atoms with E-state index < -0.39 is 37.0 Å². The van der Waals surface area contributed by atoms with Gasteiger partial charge in [0.2, 0.25) is 7.85 Å². The molecule has 0 aromatic heterocycles. The number of esters is 1. The Morgan fingerprint density at radius 2 is 2.00 bits per heavy atom. The summed E-state index contributed by atoms with van der Waals surface area (Å²) in [5.41, 5.74) is 5.12. The maximum absolute atomic E-state index is 11.1. The molecule has 0 aliphatic heterocycles. The van der Waals surface area contributed by atoms with E-state index in [1.165, 1.54) is 7.85 Å². The number of amides is 1. The van der Waals surface area contributed by atoms with Crippen LogP contribution in [0, 0.1) is 0 Å². The molecule has 0 heterocycles. The van der Waals surface area contributed by atoms with Crippen LogP contribution in [0.1, 0.15) is 6.42 Å². The van der Waals surface area contributed by atoms with Gasteiger partial charge in [0.25, 0.3) is 0 Å². The number of aliphatic carboxylic acids is 1. The van der Waals surface area contributed by atoms with Crippen LogP contribution < -0.4 is 11.1 Å². The molecule has 0 aliphatic rings. The Balaban J connectivity index is 3.96. The van der Waals surface area contributed by atoms with Gasteiger partial charge < -0.3 is 26.0 Å². The minimum atomic E-state index is -1.32. The Labute approximate surface area is 98.5 Å². The first-order valence-electron chi connectivity index (χ1n) is 4.88. The largest absolute Gasteiger partial charge is 0.480 e. The monoisotopic (exact) mass is 246 g/mol. The zero-order valence-electron chi connectivity index (χ0n) is 9.38. The average Bonchev–Trinajstić information content (AvgIpc) is 2.23. The van der Waals surface area contributed by atoms with Gasteiger partial charge in [-0.15, -0.1) is 0 Å². The summed E-state index contributed by atoms with van der Waals surface area (Å²) in [5.74, 6) is -2.48. The molecule has 0 radical (unpaired) electrons. The molecule has 5 N–H and O–H groups in total. The predicted octanol–water partition coefficient (Wildman–Crippen LogP) is -2.96. The number of carboxylic acid groups (broad SMARTS) is 1. The molecule has 2 atom stereocenters. The molecule has 1 amide bonds. The van der Waals surface area contributed by atoms with E-state index in [-0.39, 0.29) is 12.4 Å². The lowest BCUT2D eigenvalue weighted by molar-refractivity contribution is -0.149. The average molecular weight is 246 g/mol. The summed E-state index contributed by atoms with van der Waals surface area (Å²) >= 11 is 0. The zero-order valence-corrected chi connectivity index (χ0v) is 9.38. The molecule has 0 bridgehead atoms. The molecule has 0 aliphatic carbocycles. The van der Waals surface area contributed by atoms with Crippen LogP contribution in [0.25, 0.3) is 0 Å². The van der Waals surface area contributed by atoms with E-state index in [4.69, 9.17) is 15.9 Å². The van der Waals surface area contributed by atoms with E-state index in [0.717, 1.165) is 0 Å². The van der Waals surface area contributed by atoms with Gasteiger partial charge in [0.15, 0.2) is 5.81 Å². The van der Waals surface area contributed by atoms with E-state index in [9.17, 15) is 14.4 Å². The summed E-state index contributed by atoms with van der Waals surface area (Å²) in [6.07, 6.45) is -0.465. The second kappa shape index (κ2) is 7.63. The van der Waals surface area contributed by atoms with Crippen LogP contribution in [0.3, 0.4) is 0 Å². The van der Waals surface area contributed by atoms with Crippen LogP contribution in [-0.2, 0) is 14.3 Å². The summed E-state index contributed by atoms with van der Waals surface area (Å²) < 4.78 is 4.66. The summed E-state index contributed by atoms with van der Waals surface area (Å²) in [5, 5.41) is 19.6. The van der Waals surface area contributed by atoms with Gasteiger partial charge in [0.05, 0.1) is 19.1 Å². The number of nitrogens with two attached hydrogens (primary N) is 1. The lowest BCUT2D eigenvalue weighted by atomic mass is 10.1. The van der Waals surface area contributed by atoms with Gasteiger partial charge in [0.1, 0.15) is 12.6 Å². The first-order chi connectivity index (χ1) is 7.86. The van der Waals surface area contributed by atoms with Gasteiger partial charge in [-0.3, -0.25) is 14.4 Å². The molecular formula is C8H15BN2O6. The van der Waals surface area contributed by atoms with E-state index in [1.54, 1.807) is 0 Å². The lowest BCUT2D eigenvalue weighted by Crippen LogP contribution is -2.41. The Hall–Kier alpha value is -1.61. The number of aliphatic hydroxyl groups excluding tert-OH is 1. The summed E-state index contributed by atoms with van der Waals surface area (Å²) in [6.45, 7) is -0.626. The van der Waals surface area contributed by atoms with Gasteiger partial charge in [0, 0.05) is 0 Å². The second-order valence-electron chi connectivity index (χ2n) is 3.41. The molecule has 0 saturated carbocycles. The van der Waals surface area contributed by atoms with Crippen molar-refractivity contribution in [1.29, 1.82) is 0 Å². The third kappa shape index (κ3) is 7.31. The third-order valence-electron chi connectivity index (χ3n) is 1.78. The second-order valence-corrected chi connectivity index (χ2v) is 3.41. The van der Waals surface area contributed by atoms with Crippen molar-refractivity contribution in [3.05, 3.63) is 0 Å². The first-order valence-corrected chi connectivity index (χ1v) is 4.88. The number of ether oxygens (including phenoxy) is 1. The standard InChI is InChI=1S/C8H15BN2O6/c9-8(16)11-4(2-12)3-17-6(13)1-5(10)7(14)15/h4-5,12H,1-3,9-10H2,(H,11,16)(H,14,15). The van der Waals surface area contributed by atoms with Gasteiger partial charge in [-0.05, 0) is 0 Å². The Morgan fingerprint density at radius 1 is 1.41 bits per heavy atom. The number of carboxylic acids is 1. The number of hydrogen-bond acceptors (Lipinski definition) is 6. The van der Waals surface area contributed by atoms with Crippen LogP contribution in [0.2, 0.25) is 0 Å². The van der Waals surface area contributed by atoms with Gasteiger partial charge in [-0.25, -0.2) is 0 Å². The molecular weight excluding hydrogens is 231 g/mol. The molecule has 0 aromatic rings. The van der Waals surface area contributed by atoms with Crippen molar-refractivity contribution in [3.8, 4) is 0 Å². The Morgan fingerprint density at radius 3 is 2.41 bits per heavy atom. The fourth-order valence-electron chi connectivity index (χ4n) is 0.947. The maximum atomic E-state index is 11.1. The molecule has 0 fully saturated rings. The zero-order chi connectivity index (χ0) is 13.4. The van der Waals surface area contributed by atoms with Crippen molar-refractivity contribution < 1.29 is 29.3 Å². The molecule has 8 nitrogen and oxygen atoms in total. The molecule has 0 aromatic carbocycles. The molecule has 0 saturated heterocycles. The SMILES string of the molecule is BC(=O)NC(CO)COC(=O)CC(N)C(=O)O. The smallest absolute Gasteiger partial charge is 0.321 e.